The van der Waals surface area contributed by atoms with Crippen LogP contribution in [0.15, 0.2) is 23.1 Å². The molecule has 2 heterocycles. The van der Waals surface area contributed by atoms with Gasteiger partial charge >= 0.3 is 0 Å². The van der Waals surface area contributed by atoms with E-state index in [0.29, 0.717) is 50.3 Å². The summed E-state index contributed by atoms with van der Waals surface area (Å²) in [5.74, 6) is -0.702. The van der Waals surface area contributed by atoms with Crippen LogP contribution >= 0.6 is 0 Å². The SMILES string of the molecule is Cc1ccc(C(=O)N2CCC3(CC2)OCCO3)cc1S(=O)(=O)N(C)C. The zero-order chi connectivity index (χ0) is 18.2. The normalized spacial score (nSPS) is 20.4. The third kappa shape index (κ3) is 3.44. The van der Waals surface area contributed by atoms with Gasteiger partial charge in [-0.2, -0.15) is 0 Å². The van der Waals surface area contributed by atoms with Gasteiger partial charge in [0.2, 0.25) is 10.0 Å². The molecule has 3 rings (SSSR count). The molecule has 138 valence electrons. The van der Waals surface area contributed by atoms with Crippen LogP contribution in [0.4, 0.5) is 0 Å². The molecule has 25 heavy (non-hydrogen) atoms. The quantitative estimate of drug-likeness (QED) is 0.802. The summed E-state index contributed by atoms with van der Waals surface area (Å²) in [6.07, 6.45) is 1.26. The standard InChI is InChI=1S/C17H24N2O5S/c1-13-4-5-14(12-15(13)25(21,22)18(2)3)16(20)19-8-6-17(7-9-19)23-10-11-24-17/h4-5,12H,6-11H2,1-3H3. The van der Waals surface area contributed by atoms with Gasteiger partial charge in [0.25, 0.3) is 5.91 Å². The number of hydrogen-bond acceptors (Lipinski definition) is 5. The van der Waals surface area contributed by atoms with Crippen molar-refractivity contribution in [3.63, 3.8) is 0 Å². The average Bonchev–Trinajstić information content (AvgIpc) is 3.03. The Labute approximate surface area is 148 Å². The van der Waals surface area contributed by atoms with Gasteiger partial charge in [0.15, 0.2) is 5.79 Å². The highest BCUT2D eigenvalue weighted by atomic mass is 32.2. The number of piperidine rings is 1. The fourth-order valence-electron chi connectivity index (χ4n) is 3.23. The Hall–Kier alpha value is -1.48. The van der Waals surface area contributed by atoms with E-state index >= 15 is 0 Å². The lowest BCUT2D eigenvalue weighted by atomic mass is 10.0. The van der Waals surface area contributed by atoms with Crippen LogP contribution in [0.1, 0.15) is 28.8 Å². The molecule has 1 aromatic carbocycles. The topological polar surface area (TPSA) is 76.1 Å². The van der Waals surface area contributed by atoms with Crippen LogP contribution in [0.25, 0.3) is 0 Å². The minimum Gasteiger partial charge on any atom is -0.347 e. The minimum atomic E-state index is -3.59. The molecule has 0 aromatic heterocycles. The maximum Gasteiger partial charge on any atom is 0.253 e. The van der Waals surface area contributed by atoms with Crippen LogP contribution < -0.4 is 0 Å². The molecule has 2 aliphatic heterocycles. The van der Waals surface area contributed by atoms with E-state index in [-0.39, 0.29) is 10.8 Å². The number of nitrogens with zero attached hydrogens (tertiary/aromatic N) is 2. The van der Waals surface area contributed by atoms with Crippen LogP contribution in [-0.4, -0.2) is 69.7 Å². The maximum absolute atomic E-state index is 12.8. The van der Waals surface area contributed by atoms with Crippen molar-refractivity contribution in [2.24, 2.45) is 0 Å². The Bertz CT molecular complexity index is 759. The Balaban J connectivity index is 1.79. The van der Waals surface area contributed by atoms with E-state index in [1.54, 1.807) is 24.0 Å². The molecular formula is C17H24N2O5S. The molecule has 8 heteroatoms. The molecule has 0 radical (unpaired) electrons. The zero-order valence-corrected chi connectivity index (χ0v) is 15.6. The number of sulfonamides is 1. The fraction of sp³-hybridized carbons (Fsp3) is 0.588. The molecule has 1 spiro atoms. The molecule has 0 unspecified atom stereocenters. The summed E-state index contributed by atoms with van der Waals surface area (Å²) < 4.78 is 37.4. The number of rotatable bonds is 3. The first-order valence-electron chi connectivity index (χ1n) is 8.36. The Morgan fingerprint density at radius 2 is 1.76 bits per heavy atom. The molecular weight excluding hydrogens is 344 g/mol. The second-order valence-corrected chi connectivity index (χ2v) is 8.79. The number of amides is 1. The van der Waals surface area contributed by atoms with Gasteiger partial charge in [-0.3, -0.25) is 4.79 Å². The van der Waals surface area contributed by atoms with Crippen molar-refractivity contribution in [1.29, 1.82) is 0 Å². The van der Waals surface area contributed by atoms with Crippen molar-refractivity contribution < 1.29 is 22.7 Å². The summed E-state index contributed by atoms with van der Waals surface area (Å²) in [4.78, 5) is 14.7. The highest BCUT2D eigenvalue weighted by Gasteiger charge is 2.41. The number of carbonyl (C=O) groups excluding carboxylic acids is 1. The van der Waals surface area contributed by atoms with Gasteiger partial charge in [-0.15, -0.1) is 0 Å². The van der Waals surface area contributed by atoms with Crippen LogP contribution in [-0.2, 0) is 19.5 Å². The van der Waals surface area contributed by atoms with Gasteiger partial charge in [-0.25, -0.2) is 12.7 Å². The maximum atomic E-state index is 12.8. The predicted octanol–water partition coefficient (Wildman–Crippen LogP) is 1.22. The molecule has 1 amide bonds. The first-order valence-corrected chi connectivity index (χ1v) is 9.80. The molecule has 0 aliphatic carbocycles. The third-order valence-electron chi connectivity index (χ3n) is 4.82. The molecule has 2 aliphatic rings. The van der Waals surface area contributed by atoms with Crippen molar-refractivity contribution in [1.82, 2.24) is 9.21 Å². The lowest BCUT2D eigenvalue weighted by Crippen LogP contribution is -2.47. The number of carbonyl (C=O) groups is 1. The van der Waals surface area contributed by atoms with Crippen molar-refractivity contribution in [2.75, 3.05) is 40.4 Å². The second kappa shape index (κ2) is 6.68. The van der Waals surface area contributed by atoms with E-state index in [9.17, 15) is 13.2 Å². The van der Waals surface area contributed by atoms with Crippen LogP contribution in [0.3, 0.4) is 0 Å². The summed E-state index contributed by atoms with van der Waals surface area (Å²) in [5.41, 5.74) is 1.01. The van der Waals surface area contributed by atoms with E-state index < -0.39 is 15.8 Å². The number of aryl methyl sites for hydroxylation is 1. The highest BCUT2D eigenvalue weighted by Crippen LogP contribution is 2.32. The summed E-state index contributed by atoms with van der Waals surface area (Å²) in [5, 5.41) is 0. The molecule has 1 aromatic rings. The number of likely N-dealkylation sites (tertiary alicyclic amines) is 1. The van der Waals surface area contributed by atoms with E-state index in [1.165, 1.54) is 20.2 Å². The first-order chi connectivity index (χ1) is 11.8. The molecule has 2 fully saturated rings. The van der Waals surface area contributed by atoms with Crippen molar-refractivity contribution in [2.45, 2.75) is 30.4 Å². The highest BCUT2D eigenvalue weighted by molar-refractivity contribution is 7.89. The van der Waals surface area contributed by atoms with Gasteiger partial charge in [0.05, 0.1) is 18.1 Å². The molecule has 7 nitrogen and oxygen atoms in total. The zero-order valence-electron chi connectivity index (χ0n) is 14.8. The Kier molecular flexibility index (Phi) is 4.89. The Morgan fingerprint density at radius 3 is 2.32 bits per heavy atom. The predicted molar refractivity (Wildman–Crippen MR) is 91.8 cm³/mol. The van der Waals surface area contributed by atoms with Gasteiger partial charge in [-0.05, 0) is 24.6 Å². The van der Waals surface area contributed by atoms with Gasteiger partial charge < -0.3 is 14.4 Å². The molecule has 0 saturated carbocycles. The monoisotopic (exact) mass is 368 g/mol. The van der Waals surface area contributed by atoms with Crippen molar-refractivity contribution >= 4 is 15.9 Å². The molecule has 0 bridgehead atoms. The largest absolute Gasteiger partial charge is 0.347 e. The van der Waals surface area contributed by atoms with E-state index in [1.807, 2.05) is 0 Å². The summed E-state index contributed by atoms with van der Waals surface area (Å²) in [6.45, 7) is 3.98. The molecule has 2 saturated heterocycles. The smallest absolute Gasteiger partial charge is 0.253 e. The minimum absolute atomic E-state index is 0.164. The lowest BCUT2D eigenvalue weighted by Gasteiger charge is -2.37. The number of benzene rings is 1. The summed E-state index contributed by atoms with van der Waals surface area (Å²) in [7, 11) is -0.628. The van der Waals surface area contributed by atoms with E-state index in [2.05, 4.69) is 0 Å². The van der Waals surface area contributed by atoms with E-state index in [0.717, 1.165) is 4.31 Å². The second-order valence-electron chi connectivity index (χ2n) is 6.67. The van der Waals surface area contributed by atoms with E-state index in [4.69, 9.17) is 9.47 Å². The van der Waals surface area contributed by atoms with Gasteiger partial charge in [0, 0.05) is 45.6 Å². The van der Waals surface area contributed by atoms with Crippen molar-refractivity contribution in [3.8, 4) is 0 Å². The summed E-state index contributed by atoms with van der Waals surface area (Å²) in [6, 6.07) is 4.83. The Morgan fingerprint density at radius 1 is 1.16 bits per heavy atom. The lowest BCUT2D eigenvalue weighted by molar-refractivity contribution is -0.181. The van der Waals surface area contributed by atoms with Crippen LogP contribution in [0, 0.1) is 6.92 Å². The van der Waals surface area contributed by atoms with Gasteiger partial charge in [-0.1, -0.05) is 6.07 Å². The first kappa shape index (κ1) is 18.3. The number of ether oxygens (including phenoxy) is 2. The van der Waals surface area contributed by atoms with Crippen LogP contribution in [0.5, 0.6) is 0 Å². The van der Waals surface area contributed by atoms with Gasteiger partial charge in [0.1, 0.15) is 0 Å². The number of hydrogen-bond donors (Lipinski definition) is 0. The molecule has 0 N–H and O–H groups in total. The average molecular weight is 368 g/mol. The van der Waals surface area contributed by atoms with Crippen molar-refractivity contribution in [3.05, 3.63) is 29.3 Å². The third-order valence-corrected chi connectivity index (χ3v) is 6.78. The fourth-order valence-corrected chi connectivity index (χ4v) is 4.37. The summed E-state index contributed by atoms with van der Waals surface area (Å²) >= 11 is 0. The molecule has 0 atom stereocenters. The van der Waals surface area contributed by atoms with Crippen LogP contribution in [0.2, 0.25) is 0 Å².